The maximum Gasteiger partial charge on any atom is 0.243 e. The number of anilines is 1. The molecule has 1 heterocycles. The number of nitrogens with two attached hydrogens (primary N) is 1. The minimum absolute atomic E-state index is 0.0557. The van der Waals surface area contributed by atoms with E-state index in [1.165, 1.54) is 11.2 Å². The van der Waals surface area contributed by atoms with Crippen molar-refractivity contribution in [1.29, 1.82) is 0 Å². The zero-order valence-electron chi connectivity index (χ0n) is 12.3. The molecule has 1 aromatic carbocycles. The van der Waals surface area contributed by atoms with Gasteiger partial charge in [-0.3, -0.25) is 0 Å². The number of rotatable bonds is 4. The van der Waals surface area contributed by atoms with Gasteiger partial charge in [0.2, 0.25) is 10.0 Å². The molecule has 0 radical (unpaired) electrons. The number of nitrogen functional groups attached to an aromatic ring is 1. The molecule has 0 aliphatic carbocycles. The van der Waals surface area contributed by atoms with Crippen LogP contribution in [0.5, 0.6) is 0 Å². The van der Waals surface area contributed by atoms with Crippen LogP contribution in [0.15, 0.2) is 11.0 Å². The van der Waals surface area contributed by atoms with Gasteiger partial charge in [0.15, 0.2) is 0 Å². The fourth-order valence-corrected chi connectivity index (χ4v) is 4.86. The third kappa shape index (κ3) is 2.90. The first kappa shape index (κ1) is 16.2. The van der Waals surface area contributed by atoms with E-state index >= 15 is 0 Å². The van der Waals surface area contributed by atoms with Crippen LogP contribution in [0.2, 0.25) is 0 Å². The molecule has 1 unspecified atom stereocenters. The van der Waals surface area contributed by atoms with E-state index in [9.17, 15) is 12.8 Å². The molecular weight excluding hydrogens is 295 g/mol. The SMILES string of the molecule is Cc1cc(F)c(N)c(C)c1S(=O)(=O)N1CCC(CCO)C1. The van der Waals surface area contributed by atoms with Gasteiger partial charge in [-0.05, 0) is 49.8 Å². The third-order valence-corrected chi connectivity index (χ3v) is 6.24. The van der Waals surface area contributed by atoms with Crippen molar-refractivity contribution < 1.29 is 17.9 Å². The molecule has 0 saturated carbocycles. The lowest BCUT2D eigenvalue weighted by Gasteiger charge is -2.20. The predicted molar refractivity (Wildman–Crippen MR) is 78.9 cm³/mol. The molecule has 1 fully saturated rings. The number of halogens is 1. The Kier molecular flexibility index (Phi) is 4.55. The third-order valence-electron chi connectivity index (χ3n) is 4.09. The maximum absolute atomic E-state index is 13.6. The van der Waals surface area contributed by atoms with Crippen LogP contribution >= 0.6 is 0 Å². The topological polar surface area (TPSA) is 83.6 Å². The summed E-state index contributed by atoms with van der Waals surface area (Å²) in [5, 5.41) is 8.96. The minimum atomic E-state index is -3.69. The van der Waals surface area contributed by atoms with Crippen LogP contribution in [-0.2, 0) is 10.0 Å². The highest BCUT2D eigenvalue weighted by Crippen LogP contribution is 2.32. The van der Waals surface area contributed by atoms with Crippen LogP contribution in [-0.4, -0.2) is 37.5 Å². The molecular formula is C14H21FN2O3S. The van der Waals surface area contributed by atoms with Gasteiger partial charge in [-0.1, -0.05) is 0 Å². The fourth-order valence-electron chi connectivity index (χ4n) is 2.89. The summed E-state index contributed by atoms with van der Waals surface area (Å²) in [5.74, 6) is -0.424. The highest BCUT2D eigenvalue weighted by atomic mass is 32.2. The van der Waals surface area contributed by atoms with Crippen molar-refractivity contribution in [2.24, 2.45) is 5.92 Å². The lowest BCUT2D eigenvalue weighted by molar-refractivity contribution is 0.259. The monoisotopic (exact) mass is 316 g/mol. The molecule has 5 nitrogen and oxygen atoms in total. The molecule has 1 atom stereocenters. The smallest absolute Gasteiger partial charge is 0.243 e. The number of sulfonamides is 1. The molecule has 21 heavy (non-hydrogen) atoms. The van der Waals surface area contributed by atoms with E-state index in [4.69, 9.17) is 10.8 Å². The zero-order valence-corrected chi connectivity index (χ0v) is 13.1. The summed E-state index contributed by atoms with van der Waals surface area (Å²) in [6.45, 7) is 3.96. The van der Waals surface area contributed by atoms with Gasteiger partial charge in [-0.15, -0.1) is 0 Å². The summed E-state index contributed by atoms with van der Waals surface area (Å²) in [6.07, 6.45) is 1.32. The number of aryl methyl sites for hydroxylation is 1. The van der Waals surface area contributed by atoms with Crippen molar-refractivity contribution in [1.82, 2.24) is 4.31 Å². The van der Waals surface area contributed by atoms with Crippen molar-refractivity contribution >= 4 is 15.7 Å². The Morgan fingerprint density at radius 1 is 1.48 bits per heavy atom. The van der Waals surface area contributed by atoms with E-state index in [0.29, 0.717) is 25.1 Å². The number of aliphatic hydroxyl groups is 1. The number of aliphatic hydroxyl groups excluding tert-OH is 1. The van der Waals surface area contributed by atoms with Gasteiger partial charge in [-0.2, -0.15) is 4.31 Å². The largest absolute Gasteiger partial charge is 0.396 e. The second kappa shape index (κ2) is 5.90. The quantitative estimate of drug-likeness (QED) is 0.823. The van der Waals surface area contributed by atoms with E-state index in [-0.39, 0.29) is 28.7 Å². The van der Waals surface area contributed by atoms with Crippen molar-refractivity contribution in [2.45, 2.75) is 31.6 Å². The molecule has 1 aromatic rings. The Bertz CT molecular complexity index is 646. The predicted octanol–water partition coefficient (Wildman–Crippen LogP) is 1.42. The molecule has 3 N–H and O–H groups in total. The van der Waals surface area contributed by atoms with Gasteiger partial charge in [0.05, 0.1) is 10.6 Å². The average Bonchev–Trinajstić information content (AvgIpc) is 2.85. The standard InChI is InChI=1S/C14H21FN2O3S/c1-9-7-12(15)13(16)10(2)14(9)21(19,20)17-5-3-11(8-17)4-6-18/h7,11,18H,3-6,8,16H2,1-2H3. The molecule has 2 rings (SSSR count). The van der Waals surface area contributed by atoms with Crippen molar-refractivity contribution in [3.8, 4) is 0 Å². The molecule has 0 aromatic heterocycles. The molecule has 118 valence electrons. The molecule has 1 saturated heterocycles. The second-order valence-corrected chi connectivity index (χ2v) is 7.45. The van der Waals surface area contributed by atoms with Crippen LogP contribution in [0.25, 0.3) is 0 Å². The summed E-state index contributed by atoms with van der Waals surface area (Å²) >= 11 is 0. The number of nitrogens with zero attached hydrogens (tertiary/aromatic N) is 1. The molecule has 7 heteroatoms. The maximum atomic E-state index is 13.6. The number of hydrogen-bond acceptors (Lipinski definition) is 4. The van der Waals surface area contributed by atoms with Crippen LogP contribution in [0.3, 0.4) is 0 Å². The normalized spacial score (nSPS) is 20.1. The lowest BCUT2D eigenvalue weighted by Crippen LogP contribution is -2.30. The molecule has 0 spiro atoms. The van der Waals surface area contributed by atoms with E-state index in [2.05, 4.69) is 0 Å². The van der Waals surface area contributed by atoms with Gasteiger partial charge >= 0.3 is 0 Å². The highest BCUT2D eigenvalue weighted by molar-refractivity contribution is 7.89. The van der Waals surface area contributed by atoms with E-state index in [1.807, 2.05) is 0 Å². The van der Waals surface area contributed by atoms with Crippen LogP contribution in [0.1, 0.15) is 24.0 Å². The Labute approximate surface area is 124 Å². The molecule has 1 aliphatic heterocycles. The van der Waals surface area contributed by atoms with Crippen molar-refractivity contribution in [3.63, 3.8) is 0 Å². The van der Waals surface area contributed by atoms with Crippen molar-refractivity contribution in [3.05, 3.63) is 23.0 Å². The van der Waals surface area contributed by atoms with Gasteiger partial charge in [-0.25, -0.2) is 12.8 Å². The van der Waals surface area contributed by atoms with Crippen LogP contribution < -0.4 is 5.73 Å². The Morgan fingerprint density at radius 2 is 2.14 bits per heavy atom. The first-order chi connectivity index (χ1) is 9.78. The van der Waals surface area contributed by atoms with E-state index in [1.54, 1.807) is 6.92 Å². The van der Waals surface area contributed by atoms with Gasteiger partial charge in [0, 0.05) is 19.7 Å². The van der Waals surface area contributed by atoms with Crippen LogP contribution in [0, 0.1) is 25.6 Å². The summed E-state index contributed by atoms with van der Waals surface area (Å²) in [6, 6.07) is 1.16. The zero-order chi connectivity index (χ0) is 15.8. The highest BCUT2D eigenvalue weighted by Gasteiger charge is 2.34. The van der Waals surface area contributed by atoms with Gasteiger partial charge in [0.25, 0.3) is 0 Å². The number of hydrogen-bond donors (Lipinski definition) is 2. The summed E-state index contributed by atoms with van der Waals surface area (Å²) < 4.78 is 40.5. The first-order valence-electron chi connectivity index (χ1n) is 6.95. The van der Waals surface area contributed by atoms with Gasteiger partial charge < -0.3 is 10.8 Å². The fraction of sp³-hybridized carbons (Fsp3) is 0.571. The number of benzene rings is 1. The van der Waals surface area contributed by atoms with E-state index < -0.39 is 15.8 Å². The van der Waals surface area contributed by atoms with E-state index in [0.717, 1.165) is 12.5 Å². The van der Waals surface area contributed by atoms with Gasteiger partial charge in [0.1, 0.15) is 5.82 Å². The Hall–Kier alpha value is -1.18. The first-order valence-corrected chi connectivity index (χ1v) is 8.39. The Morgan fingerprint density at radius 3 is 2.76 bits per heavy atom. The molecule has 0 amide bonds. The van der Waals surface area contributed by atoms with Crippen molar-refractivity contribution in [2.75, 3.05) is 25.4 Å². The molecule has 0 bridgehead atoms. The lowest BCUT2D eigenvalue weighted by atomic mass is 10.1. The summed E-state index contributed by atoms with van der Waals surface area (Å²) in [5.41, 5.74) is 6.14. The average molecular weight is 316 g/mol. The summed E-state index contributed by atoms with van der Waals surface area (Å²) in [4.78, 5) is 0.103. The van der Waals surface area contributed by atoms with Crippen LogP contribution in [0.4, 0.5) is 10.1 Å². The minimum Gasteiger partial charge on any atom is -0.396 e. The Balaban J connectivity index is 2.40. The molecule has 1 aliphatic rings. The summed E-state index contributed by atoms with van der Waals surface area (Å²) in [7, 11) is -3.69. The second-order valence-electron chi connectivity index (χ2n) is 5.57.